The van der Waals surface area contributed by atoms with Crippen LogP contribution in [0.25, 0.3) is 0 Å². The summed E-state index contributed by atoms with van der Waals surface area (Å²) in [5.74, 6) is -0.568. The van der Waals surface area contributed by atoms with E-state index in [1.54, 1.807) is 11.8 Å². The number of methoxy groups -OCH3 is 1. The zero-order valence-corrected chi connectivity index (χ0v) is 17.4. The van der Waals surface area contributed by atoms with Crippen molar-refractivity contribution in [1.82, 2.24) is 4.90 Å². The number of carbonyl (C=O) groups excluding carboxylic acids is 2. The molecule has 1 amide bonds. The Bertz CT molecular complexity index is 765. The summed E-state index contributed by atoms with van der Waals surface area (Å²) in [6, 6.07) is 16.6. The standard InChI is InChI=1S/C24H31NO3/c1-18-8-12-21(13-9-18)6-5-7-23(26)25(16-20(3)24(27)28-4)17-22-14-10-19(2)11-15-22/h8-15,20H,5-7,16-17H2,1-4H3. The van der Waals surface area contributed by atoms with Gasteiger partial charge in [0.05, 0.1) is 13.0 Å². The Hall–Kier alpha value is -2.62. The first-order chi connectivity index (χ1) is 13.4. The molecule has 0 radical (unpaired) electrons. The molecule has 0 saturated heterocycles. The van der Waals surface area contributed by atoms with Crippen LogP contribution >= 0.6 is 0 Å². The molecular formula is C24H31NO3. The van der Waals surface area contributed by atoms with Crippen molar-refractivity contribution in [3.8, 4) is 0 Å². The molecule has 0 N–H and O–H groups in total. The number of nitrogens with zero attached hydrogens (tertiary/aromatic N) is 1. The van der Waals surface area contributed by atoms with Crippen molar-refractivity contribution in [3.63, 3.8) is 0 Å². The maximum absolute atomic E-state index is 12.9. The Kier molecular flexibility index (Phi) is 8.24. The lowest BCUT2D eigenvalue weighted by atomic mass is 10.1. The van der Waals surface area contributed by atoms with E-state index in [0.717, 1.165) is 18.4 Å². The van der Waals surface area contributed by atoms with Crippen molar-refractivity contribution in [2.45, 2.75) is 46.6 Å². The Morgan fingerprint density at radius 1 is 0.929 bits per heavy atom. The number of hydrogen-bond acceptors (Lipinski definition) is 3. The van der Waals surface area contributed by atoms with Crippen LogP contribution in [-0.4, -0.2) is 30.4 Å². The van der Waals surface area contributed by atoms with E-state index in [9.17, 15) is 9.59 Å². The van der Waals surface area contributed by atoms with E-state index in [1.807, 2.05) is 31.2 Å². The van der Waals surface area contributed by atoms with Gasteiger partial charge in [-0.1, -0.05) is 66.6 Å². The number of amides is 1. The van der Waals surface area contributed by atoms with Crippen molar-refractivity contribution < 1.29 is 14.3 Å². The summed E-state index contributed by atoms with van der Waals surface area (Å²) in [5, 5.41) is 0. The van der Waals surface area contributed by atoms with E-state index in [4.69, 9.17) is 4.74 Å². The van der Waals surface area contributed by atoms with Crippen molar-refractivity contribution in [3.05, 3.63) is 70.8 Å². The second-order valence-corrected chi connectivity index (χ2v) is 7.52. The molecular weight excluding hydrogens is 350 g/mol. The van der Waals surface area contributed by atoms with Crippen LogP contribution in [0.4, 0.5) is 0 Å². The molecule has 1 unspecified atom stereocenters. The number of carbonyl (C=O) groups is 2. The fourth-order valence-corrected chi connectivity index (χ4v) is 3.13. The van der Waals surface area contributed by atoms with Crippen LogP contribution in [-0.2, 0) is 27.3 Å². The van der Waals surface area contributed by atoms with Crippen LogP contribution in [0.1, 0.15) is 42.0 Å². The molecule has 0 bridgehead atoms. The lowest BCUT2D eigenvalue weighted by Crippen LogP contribution is -2.36. The first-order valence-electron chi connectivity index (χ1n) is 9.85. The summed E-state index contributed by atoms with van der Waals surface area (Å²) >= 11 is 0. The number of ether oxygens (including phenoxy) is 1. The molecule has 4 nitrogen and oxygen atoms in total. The third kappa shape index (κ3) is 6.84. The molecule has 0 aliphatic rings. The third-order valence-corrected chi connectivity index (χ3v) is 4.92. The minimum absolute atomic E-state index is 0.0726. The van der Waals surface area contributed by atoms with Gasteiger partial charge in [0.1, 0.15) is 0 Å². The zero-order chi connectivity index (χ0) is 20.5. The molecule has 0 aromatic heterocycles. The third-order valence-electron chi connectivity index (χ3n) is 4.92. The van der Waals surface area contributed by atoms with Crippen molar-refractivity contribution in [1.29, 1.82) is 0 Å². The monoisotopic (exact) mass is 381 g/mol. The molecule has 0 fully saturated rings. The molecule has 0 spiro atoms. The van der Waals surface area contributed by atoms with Gasteiger partial charge < -0.3 is 9.64 Å². The molecule has 0 heterocycles. The summed E-state index contributed by atoms with van der Waals surface area (Å²) in [6.45, 7) is 6.78. The van der Waals surface area contributed by atoms with Gasteiger partial charge in [0.25, 0.3) is 0 Å². The molecule has 1 atom stereocenters. The van der Waals surface area contributed by atoms with E-state index in [0.29, 0.717) is 19.5 Å². The quantitative estimate of drug-likeness (QED) is 0.602. The lowest BCUT2D eigenvalue weighted by molar-refractivity contribution is -0.146. The zero-order valence-electron chi connectivity index (χ0n) is 17.4. The summed E-state index contributed by atoms with van der Waals surface area (Å²) in [5.41, 5.74) is 4.73. The van der Waals surface area contributed by atoms with Crippen molar-refractivity contribution in [2.75, 3.05) is 13.7 Å². The summed E-state index contributed by atoms with van der Waals surface area (Å²) in [7, 11) is 1.38. The smallest absolute Gasteiger partial charge is 0.310 e. The molecule has 2 aromatic carbocycles. The lowest BCUT2D eigenvalue weighted by Gasteiger charge is -2.25. The number of esters is 1. The summed E-state index contributed by atoms with van der Waals surface area (Å²) < 4.78 is 4.83. The van der Waals surface area contributed by atoms with Gasteiger partial charge in [0.2, 0.25) is 5.91 Å². The van der Waals surface area contributed by atoms with Gasteiger partial charge in [-0.2, -0.15) is 0 Å². The minimum atomic E-state index is -0.350. The summed E-state index contributed by atoms with van der Waals surface area (Å²) in [4.78, 5) is 26.5. The van der Waals surface area contributed by atoms with Crippen LogP contribution in [0.15, 0.2) is 48.5 Å². The highest BCUT2D eigenvalue weighted by Crippen LogP contribution is 2.14. The Morgan fingerprint density at radius 2 is 1.46 bits per heavy atom. The van der Waals surface area contributed by atoms with Gasteiger partial charge >= 0.3 is 5.97 Å². The highest BCUT2D eigenvalue weighted by molar-refractivity contribution is 5.78. The number of hydrogen-bond donors (Lipinski definition) is 0. The van der Waals surface area contributed by atoms with E-state index < -0.39 is 0 Å². The maximum atomic E-state index is 12.9. The van der Waals surface area contributed by atoms with Crippen LogP contribution < -0.4 is 0 Å². The van der Waals surface area contributed by atoms with Crippen LogP contribution in [0.2, 0.25) is 0 Å². The average Bonchev–Trinajstić information content (AvgIpc) is 2.69. The van der Waals surface area contributed by atoms with Gasteiger partial charge in [-0.15, -0.1) is 0 Å². The topological polar surface area (TPSA) is 46.6 Å². The molecule has 28 heavy (non-hydrogen) atoms. The number of rotatable bonds is 9. The molecule has 0 aliphatic carbocycles. The SMILES string of the molecule is COC(=O)C(C)CN(Cc1ccc(C)cc1)C(=O)CCCc1ccc(C)cc1. The molecule has 150 valence electrons. The number of benzene rings is 2. The van der Waals surface area contributed by atoms with E-state index >= 15 is 0 Å². The fourth-order valence-electron chi connectivity index (χ4n) is 3.13. The van der Waals surface area contributed by atoms with Gasteiger partial charge in [0.15, 0.2) is 0 Å². The Balaban J connectivity index is 1.99. The maximum Gasteiger partial charge on any atom is 0.310 e. The van der Waals surface area contributed by atoms with Crippen LogP contribution in [0.5, 0.6) is 0 Å². The van der Waals surface area contributed by atoms with Gasteiger partial charge in [-0.05, 0) is 37.8 Å². The normalized spacial score (nSPS) is 11.7. The van der Waals surface area contributed by atoms with E-state index in [1.165, 1.54) is 23.8 Å². The largest absolute Gasteiger partial charge is 0.469 e. The average molecular weight is 382 g/mol. The Labute approximate surface area is 168 Å². The second-order valence-electron chi connectivity index (χ2n) is 7.52. The van der Waals surface area contributed by atoms with Crippen LogP contribution in [0, 0.1) is 19.8 Å². The highest BCUT2D eigenvalue weighted by atomic mass is 16.5. The molecule has 0 saturated carbocycles. The summed E-state index contributed by atoms with van der Waals surface area (Å²) in [6.07, 6.45) is 2.13. The van der Waals surface area contributed by atoms with E-state index in [-0.39, 0.29) is 17.8 Å². The first-order valence-corrected chi connectivity index (χ1v) is 9.85. The minimum Gasteiger partial charge on any atom is -0.469 e. The van der Waals surface area contributed by atoms with Crippen molar-refractivity contribution in [2.24, 2.45) is 5.92 Å². The van der Waals surface area contributed by atoms with Crippen LogP contribution in [0.3, 0.4) is 0 Å². The first kappa shape index (κ1) is 21.7. The molecule has 0 aliphatic heterocycles. The fraction of sp³-hybridized carbons (Fsp3) is 0.417. The van der Waals surface area contributed by atoms with Crippen molar-refractivity contribution >= 4 is 11.9 Å². The molecule has 2 rings (SSSR count). The number of aryl methyl sites for hydroxylation is 3. The molecule has 2 aromatic rings. The predicted molar refractivity (Wildman–Crippen MR) is 112 cm³/mol. The predicted octanol–water partition coefficient (Wildman–Crippen LogP) is 4.46. The van der Waals surface area contributed by atoms with Gasteiger partial charge in [0, 0.05) is 19.5 Å². The Morgan fingerprint density at radius 3 is 2.00 bits per heavy atom. The van der Waals surface area contributed by atoms with Gasteiger partial charge in [-0.25, -0.2) is 0 Å². The second kappa shape index (κ2) is 10.6. The van der Waals surface area contributed by atoms with E-state index in [2.05, 4.69) is 31.2 Å². The highest BCUT2D eigenvalue weighted by Gasteiger charge is 2.21. The molecule has 4 heteroatoms. The van der Waals surface area contributed by atoms with Gasteiger partial charge in [-0.3, -0.25) is 9.59 Å².